The molecule has 4 nitrogen and oxygen atoms in total. The molecule has 0 bridgehead atoms. The Balaban J connectivity index is 1.90. The van der Waals surface area contributed by atoms with E-state index in [0.29, 0.717) is 5.02 Å². The standard InChI is InChI=1S/C14H17ClN4/c1-10-12-4-3-11(15)9-13(12)17-14(16-10)19-7-5-18(2)6-8-19/h3-4,9H,1,5-8H2,2H3,(H,16,17). The number of nitrogens with zero attached hydrogens (tertiary/aromatic N) is 3. The third-order valence-electron chi connectivity index (χ3n) is 3.58. The molecular formula is C14H17ClN4. The van der Waals surface area contributed by atoms with Gasteiger partial charge in [-0.15, -0.1) is 0 Å². The number of halogens is 1. The van der Waals surface area contributed by atoms with Crippen LogP contribution in [0.3, 0.4) is 0 Å². The van der Waals surface area contributed by atoms with Crippen LogP contribution < -0.4 is 5.32 Å². The molecule has 0 atom stereocenters. The largest absolute Gasteiger partial charge is 0.340 e. The van der Waals surface area contributed by atoms with Crippen LogP contribution in [-0.4, -0.2) is 49.0 Å². The number of guanidine groups is 1. The SMILES string of the molecule is C=C1NC(N2CCN(C)CC2)=Nc2cc(Cl)ccc21. The third kappa shape index (κ3) is 2.46. The minimum Gasteiger partial charge on any atom is -0.340 e. The number of hydrogen-bond donors (Lipinski definition) is 1. The van der Waals surface area contributed by atoms with Crippen molar-refractivity contribution in [2.45, 2.75) is 0 Å². The summed E-state index contributed by atoms with van der Waals surface area (Å²) in [5.74, 6) is 0.882. The average molecular weight is 277 g/mol. The van der Waals surface area contributed by atoms with E-state index in [2.05, 4.69) is 33.7 Å². The maximum absolute atomic E-state index is 6.04. The van der Waals surface area contributed by atoms with Crippen LogP contribution in [0.25, 0.3) is 5.70 Å². The minimum absolute atomic E-state index is 0.704. The van der Waals surface area contributed by atoms with Crippen LogP contribution in [0, 0.1) is 0 Å². The fourth-order valence-electron chi connectivity index (χ4n) is 2.36. The van der Waals surface area contributed by atoms with E-state index in [1.807, 2.05) is 18.2 Å². The smallest absolute Gasteiger partial charge is 0.203 e. The molecular weight excluding hydrogens is 260 g/mol. The summed E-state index contributed by atoms with van der Waals surface area (Å²) in [5, 5.41) is 4.00. The van der Waals surface area contributed by atoms with Gasteiger partial charge in [-0.25, -0.2) is 4.99 Å². The Kier molecular flexibility index (Phi) is 3.21. The predicted octanol–water partition coefficient (Wildman–Crippen LogP) is 2.15. The van der Waals surface area contributed by atoms with Crippen molar-refractivity contribution in [3.63, 3.8) is 0 Å². The van der Waals surface area contributed by atoms with Gasteiger partial charge in [-0.2, -0.15) is 0 Å². The van der Waals surface area contributed by atoms with E-state index >= 15 is 0 Å². The zero-order valence-corrected chi connectivity index (χ0v) is 11.7. The average Bonchev–Trinajstić information content (AvgIpc) is 2.38. The van der Waals surface area contributed by atoms with E-state index in [1.165, 1.54) is 0 Å². The molecule has 2 aliphatic heterocycles. The number of rotatable bonds is 0. The molecule has 5 heteroatoms. The maximum atomic E-state index is 6.04. The van der Waals surface area contributed by atoms with Gasteiger partial charge in [-0.3, -0.25) is 0 Å². The van der Waals surface area contributed by atoms with Gasteiger partial charge in [0.1, 0.15) is 0 Å². The highest BCUT2D eigenvalue weighted by Crippen LogP contribution is 2.31. The second-order valence-electron chi connectivity index (χ2n) is 4.99. The third-order valence-corrected chi connectivity index (χ3v) is 3.81. The molecule has 0 spiro atoms. The zero-order chi connectivity index (χ0) is 13.4. The van der Waals surface area contributed by atoms with Gasteiger partial charge in [0, 0.05) is 42.5 Å². The van der Waals surface area contributed by atoms with E-state index in [9.17, 15) is 0 Å². The highest BCUT2D eigenvalue weighted by atomic mass is 35.5. The first-order chi connectivity index (χ1) is 9.13. The van der Waals surface area contributed by atoms with Gasteiger partial charge in [-0.05, 0) is 25.2 Å². The molecule has 0 amide bonds. The van der Waals surface area contributed by atoms with E-state index in [0.717, 1.165) is 49.1 Å². The molecule has 3 rings (SSSR count). The van der Waals surface area contributed by atoms with E-state index in [-0.39, 0.29) is 0 Å². The Morgan fingerprint density at radius 3 is 2.74 bits per heavy atom. The Bertz CT molecular complexity index is 544. The first-order valence-corrected chi connectivity index (χ1v) is 6.79. The van der Waals surface area contributed by atoms with Gasteiger partial charge in [0.05, 0.1) is 5.69 Å². The lowest BCUT2D eigenvalue weighted by Gasteiger charge is -2.36. The molecule has 1 N–H and O–H groups in total. The summed E-state index contributed by atoms with van der Waals surface area (Å²) in [7, 11) is 2.14. The van der Waals surface area contributed by atoms with Crippen molar-refractivity contribution < 1.29 is 0 Å². The van der Waals surface area contributed by atoms with Gasteiger partial charge in [0.15, 0.2) is 0 Å². The fraction of sp³-hybridized carbons (Fsp3) is 0.357. The molecule has 100 valence electrons. The first-order valence-electron chi connectivity index (χ1n) is 6.41. The van der Waals surface area contributed by atoms with Crippen LogP contribution in [0.2, 0.25) is 5.02 Å². The highest BCUT2D eigenvalue weighted by molar-refractivity contribution is 6.31. The molecule has 1 saturated heterocycles. The topological polar surface area (TPSA) is 30.9 Å². The first kappa shape index (κ1) is 12.5. The summed E-state index contributed by atoms with van der Waals surface area (Å²) >= 11 is 6.04. The second-order valence-corrected chi connectivity index (χ2v) is 5.43. The summed E-state index contributed by atoms with van der Waals surface area (Å²) in [4.78, 5) is 9.25. The van der Waals surface area contributed by atoms with Crippen molar-refractivity contribution in [1.29, 1.82) is 0 Å². The van der Waals surface area contributed by atoms with Crippen LogP contribution in [0.5, 0.6) is 0 Å². The lowest BCUT2D eigenvalue weighted by atomic mass is 10.1. The zero-order valence-electron chi connectivity index (χ0n) is 11.0. The molecule has 1 aromatic rings. The second kappa shape index (κ2) is 4.87. The molecule has 0 aliphatic carbocycles. The summed E-state index contributed by atoms with van der Waals surface area (Å²) in [5.41, 5.74) is 2.79. The van der Waals surface area contributed by atoms with Gasteiger partial charge in [0.2, 0.25) is 5.96 Å². The van der Waals surface area contributed by atoms with Crippen molar-refractivity contribution >= 4 is 28.9 Å². The van der Waals surface area contributed by atoms with E-state index in [1.54, 1.807) is 0 Å². The number of likely N-dealkylation sites (N-methyl/N-ethyl adjacent to an activating group) is 1. The van der Waals surface area contributed by atoms with Gasteiger partial charge in [0.25, 0.3) is 0 Å². The van der Waals surface area contributed by atoms with Gasteiger partial charge in [-0.1, -0.05) is 18.2 Å². The molecule has 1 aromatic carbocycles. The van der Waals surface area contributed by atoms with Crippen molar-refractivity contribution in [1.82, 2.24) is 15.1 Å². The summed E-state index contributed by atoms with van der Waals surface area (Å²) < 4.78 is 0. The minimum atomic E-state index is 0.704. The number of benzene rings is 1. The van der Waals surface area contributed by atoms with Crippen molar-refractivity contribution in [2.75, 3.05) is 33.2 Å². The fourth-order valence-corrected chi connectivity index (χ4v) is 2.53. The molecule has 0 saturated carbocycles. The number of aliphatic imine (C=N–C) groups is 1. The highest BCUT2D eigenvalue weighted by Gasteiger charge is 2.22. The van der Waals surface area contributed by atoms with Crippen molar-refractivity contribution in [3.8, 4) is 0 Å². The lowest BCUT2D eigenvalue weighted by Crippen LogP contribution is -2.51. The van der Waals surface area contributed by atoms with Crippen LogP contribution in [-0.2, 0) is 0 Å². The lowest BCUT2D eigenvalue weighted by molar-refractivity contribution is 0.212. The Labute approximate surface area is 118 Å². The van der Waals surface area contributed by atoms with E-state index < -0.39 is 0 Å². The van der Waals surface area contributed by atoms with Gasteiger partial charge >= 0.3 is 0 Å². The summed E-state index contributed by atoms with van der Waals surface area (Å²) in [6, 6.07) is 5.71. The van der Waals surface area contributed by atoms with Crippen molar-refractivity contribution in [2.24, 2.45) is 4.99 Å². The molecule has 19 heavy (non-hydrogen) atoms. The van der Waals surface area contributed by atoms with Crippen LogP contribution in [0.4, 0.5) is 5.69 Å². The van der Waals surface area contributed by atoms with Crippen LogP contribution in [0.1, 0.15) is 5.56 Å². The quantitative estimate of drug-likeness (QED) is 0.788. The Morgan fingerprint density at radius 1 is 1.26 bits per heavy atom. The number of nitrogens with one attached hydrogen (secondary N) is 1. The normalized spacial score (nSPS) is 19.8. The Hall–Kier alpha value is -1.52. The monoisotopic (exact) mass is 276 g/mol. The maximum Gasteiger partial charge on any atom is 0.203 e. The summed E-state index contributed by atoms with van der Waals surface area (Å²) in [6.07, 6.45) is 0. The predicted molar refractivity (Wildman–Crippen MR) is 79.8 cm³/mol. The molecule has 2 aliphatic rings. The van der Waals surface area contributed by atoms with Crippen LogP contribution >= 0.6 is 11.6 Å². The molecule has 1 fully saturated rings. The van der Waals surface area contributed by atoms with Crippen molar-refractivity contribution in [3.05, 3.63) is 35.4 Å². The van der Waals surface area contributed by atoms with E-state index in [4.69, 9.17) is 11.6 Å². The molecule has 0 radical (unpaired) electrons. The van der Waals surface area contributed by atoms with Crippen LogP contribution in [0.15, 0.2) is 29.8 Å². The number of hydrogen-bond acceptors (Lipinski definition) is 4. The number of fused-ring (bicyclic) bond motifs is 1. The van der Waals surface area contributed by atoms with Gasteiger partial charge < -0.3 is 15.1 Å². The molecule has 2 heterocycles. The molecule has 0 unspecified atom stereocenters. The summed E-state index contributed by atoms with van der Waals surface area (Å²) in [6.45, 7) is 8.13. The number of piperazine rings is 1. The molecule has 0 aromatic heterocycles. The Morgan fingerprint density at radius 2 is 2.00 bits per heavy atom.